The summed E-state index contributed by atoms with van der Waals surface area (Å²) in [6.07, 6.45) is -2.36. The summed E-state index contributed by atoms with van der Waals surface area (Å²) < 4.78 is 67.0. The highest BCUT2D eigenvalue weighted by molar-refractivity contribution is 7.89. The van der Waals surface area contributed by atoms with Gasteiger partial charge in [0.1, 0.15) is 0 Å². The molecule has 7 nitrogen and oxygen atoms in total. The van der Waals surface area contributed by atoms with Gasteiger partial charge in [-0.05, 0) is 55.3 Å². The van der Waals surface area contributed by atoms with E-state index in [1.54, 1.807) is 23.1 Å². The average molecular weight is 478 g/mol. The minimum absolute atomic E-state index is 0.197. The topological polar surface area (TPSA) is 84.3 Å². The molecule has 11 heteroatoms. The van der Waals surface area contributed by atoms with Gasteiger partial charge < -0.3 is 4.90 Å². The monoisotopic (exact) mass is 478 g/mol. The van der Waals surface area contributed by atoms with E-state index in [1.165, 1.54) is 42.6 Å². The Balaban J connectivity index is 1.35. The second kappa shape index (κ2) is 8.99. The first-order chi connectivity index (χ1) is 15.6. The zero-order chi connectivity index (χ0) is 23.6. The number of piperidine rings is 1. The summed E-state index contributed by atoms with van der Waals surface area (Å²) in [5.74, 6) is -0.220. The lowest BCUT2D eigenvalue weighted by Gasteiger charge is -2.32. The number of alkyl halides is 3. The minimum Gasteiger partial charge on any atom is -0.339 e. The fraction of sp³-hybridized carbons (Fsp3) is 0.273. The van der Waals surface area contributed by atoms with Crippen molar-refractivity contribution in [2.24, 2.45) is 0 Å². The number of benzene rings is 2. The van der Waals surface area contributed by atoms with Gasteiger partial charge in [0.2, 0.25) is 10.0 Å². The van der Waals surface area contributed by atoms with E-state index in [0.29, 0.717) is 37.2 Å². The van der Waals surface area contributed by atoms with Crippen LogP contribution in [0.15, 0.2) is 71.8 Å². The summed E-state index contributed by atoms with van der Waals surface area (Å²) in [5.41, 5.74) is -0.199. The zero-order valence-corrected chi connectivity index (χ0v) is 18.2. The fourth-order valence-corrected chi connectivity index (χ4v) is 4.97. The molecule has 1 saturated heterocycles. The zero-order valence-electron chi connectivity index (χ0n) is 17.4. The van der Waals surface area contributed by atoms with Gasteiger partial charge >= 0.3 is 6.18 Å². The number of likely N-dealkylation sites (tertiary alicyclic amines) is 1. The van der Waals surface area contributed by atoms with Crippen LogP contribution in [-0.4, -0.2) is 48.1 Å². The van der Waals surface area contributed by atoms with Crippen LogP contribution < -0.4 is 4.72 Å². The van der Waals surface area contributed by atoms with Crippen molar-refractivity contribution in [1.29, 1.82) is 0 Å². The predicted molar refractivity (Wildman–Crippen MR) is 114 cm³/mol. The smallest absolute Gasteiger partial charge is 0.339 e. The Hall–Kier alpha value is -3.18. The van der Waals surface area contributed by atoms with E-state index < -0.39 is 21.9 Å². The van der Waals surface area contributed by atoms with Gasteiger partial charge in [-0.3, -0.25) is 4.79 Å². The first-order valence-electron chi connectivity index (χ1n) is 10.2. The molecule has 1 aromatic heterocycles. The first-order valence-corrected chi connectivity index (χ1v) is 11.7. The van der Waals surface area contributed by atoms with Gasteiger partial charge in [-0.2, -0.15) is 18.3 Å². The molecule has 4 rings (SSSR count). The number of carbonyl (C=O) groups is 1. The summed E-state index contributed by atoms with van der Waals surface area (Å²) in [6.45, 7) is 0.771. The van der Waals surface area contributed by atoms with Crippen LogP contribution in [0.4, 0.5) is 13.2 Å². The van der Waals surface area contributed by atoms with Crippen LogP contribution in [0.1, 0.15) is 28.9 Å². The number of carbonyl (C=O) groups excluding carboxylic acids is 1. The van der Waals surface area contributed by atoms with Crippen LogP contribution in [0, 0.1) is 0 Å². The Bertz CT molecular complexity index is 1220. The molecule has 0 radical (unpaired) electrons. The second-order valence-corrected chi connectivity index (χ2v) is 9.40. The molecule has 0 atom stereocenters. The molecule has 0 saturated carbocycles. The van der Waals surface area contributed by atoms with Gasteiger partial charge in [-0.1, -0.05) is 18.2 Å². The van der Waals surface area contributed by atoms with E-state index >= 15 is 0 Å². The van der Waals surface area contributed by atoms with Gasteiger partial charge in [0.25, 0.3) is 5.91 Å². The maximum atomic E-state index is 12.8. The molecule has 0 bridgehead atoms. The molecule has 2 aromatic carbocycles. The fourth-order valence-electron chi connectivity index (χ4n) is 3.65. The summed E-state index contributed by atoms with van der Waals surface area (Å²) in [6, 6.07) is 14.8. The molecule has 0 spiro atoms. The van der Waals surface area contributed by atoms with Crippen LogP contribution >= 0.6 is 0 Å². The molecule has 0 unspecified atom stereocenters. The van der Waals surface area contributed by atoms with E-state index in [4.69, 9.17) is 0 Å². The van der Waals surface area contributed by atoms with Crippen molar-refractivity contribution in [2.45, 2.75) is 30.0 Å². The van der Waals surface area contributed by atoms with Crippen molar-refractivity contribution in [1.82, 2.24) is 19.4 Å². The third-order valence-electron chi connectivity index (χ3n) is 5.42. The predicted octanol–water partition coefficient (Wildman–Crippen LogP) is 3.47. The molecule has 1 fully saturated rings. The maximum absolute atomic E-state index is 12.8. The number of aromatic nitrogens is 2. The highest BCUT2D eigenvalue weighted by atomic mass is 32.2. The second-order valence-electron chi connectivity index (χ2n) is 7.69. The Morgan fingerprint density at radius 3 is 2.18 bits per heavy atom. The van der Waals surface area contributed by atoms with Crippen LogP contribution in [0.3, 0.4) is 0 Å². The summed E-state index contributed by atoms with van der Waals surface area (Å²) >= 11 is 0. The largest absolute Gasteiger partial charge is 0.435 e. The number of nitrogens with zero attached hydrogens (tertiary/aromatic N) is 3. The van der Waals surface area contributed by atoms with Gasteiger partial charge in [0, 0.05) is 30.9 Å². The van der Waals surface area contributed by atoms with Gasteiger partial charge in [0.05, 0.1) is 10.6 Å². The Morgan fingerprint density at radius 1 is 0.970 bits per heavy atom. The quantitative estimate of drug-likeness (QED) is 0.609. The van der Waals surface area contributed by atoms with Gasteiger partial charge in [-0.15, -0.1) is 0 Å². The molecule has 1 aliphatic rings. The van der Waals surface area contributed by atoms with Crippen LogP contribution in [0.2, 0.25) is 0 Å². The van der Waals surface area contributed by atoms with E-state index in [1.807, 2.05) is 0 Å². The first kappa shape index (κ1) is 23.0. The normalized spacial score (nSPS) is 15.5. The number of halogens is 3. The SMILES string of the molecule is O=C(c1ccc(-n2ccc(C(F)(F)F)n2)cc1)N1CCC(NS(=O)(=O)c2ccccc2)CC1. The lowest BCUT2D eigenvalue weighted by atomic mass is 10.0. The minimum atomic E-state index is -4.53. The number of hydrogen-bond donors (Lipinski definition) is 1. The maximum Gasteiger partial charge on any atom is 0.435 e. The molecule has 174 valence electrons. The van der Waals surface area contributed by atoms with Crippen LogP contribution in [0.25, 0.3) is 5.69 Å². The molecule has 33 heavy (non-hydrogen) atoms. The number of nitrogens with one attached hydrogen (secondary N) is 1. The standard InChI is InChI=1S/C22H21F3N4O3S/c23-22(24,25)20-12-15-29(26-20)18-8-6-16(7-9-18)21(30)28-13-10-17(11-14-28)27-33(31,32)19-4-2-1-3-5-19/h1-9,12,15,17,27H,10-11,13-14H2. The highest BCUT2D eigenvalue weighted by Crippen LogP contribution is 2.28. The van der Waals surface area contributed by atoms with Gasteiger partial charge in [0.15, 0.2) is 5.69 Å². The Morgan fingerprint density at radius 2 is 1.61 bits per heavy atom. The Kier molecular flexibility index (Phi) is 6.26. The number of amides is 1. The molecule has 2 heterocycles. The van der Waals surface area contributed by atoms with Crippen molar-refractivity contribution >= 4 is 15.9 Å². The third kappa shape index (κ3) is 5.25. The lowest BCUT2D eigenvalue weighted by Crippen LogP contribution is -2.46. The molecule has 1 aliphatic heterocycles. The molecule has 0 aliphatic carbocycles. The van der Waals surface area contributed by atoms with E-state index in [0.717, 1.165) is 10.7 Å². The number of rotatable bonds is 5. The van der Waals surface area contributed by atoms with E-state index in [9.17, 15) is 26.4 Å². The number of hydrogen-bond acceptors (Lipinski definition) is 4. The van der Waals surface area contributed by atoms with Crippen LogP contribution in [-0.2, 0) is 16.2 Å². The van der Waals surface area contributed by atoms with Crippen molar-refractivity contribution in [3.05, 3.63) is 78.1 Å². The summed E-state index contributed by atoms with van der Waals surface area (Å²) in [4.78, 5) is 14.6. The molecular formula is C22H21F3N4O3S. The highest BCUT2D eigenvalue weighted by Gasteiger charge is 2.33. The van der Waals surface area contributed by atoms with Crippen molar-refractivity contribution in [3.63, 3.8) is 0 Å². The van der Waals surface area contributed by atoms with Crippen LogP contribution in [0.5, 0.6) is 0 Å². The van der Waals surface area contributed by atoms with E-state index in [-0.39, 0.29) is 16.8 Å². The lowest BCUT2D eigenvalue weighted by molar-refractivity contribution is -0.141. The van der Waals surface area contributed by atoms with E-state index in [2.05, 4.69) is 9.82 Å². The third-order valence-corrected chi connectivity index (χ3v) is 6.95. The van der Waals surface area contributed by atoms with Crippen molar-refractivity contribution in [2.75, 3.05) is 13.1 Å². The summed E-state index contributed by atoms with van der Waals surface area (Å²) in [5, 5.41) is 3.52. The number of sulfonamides is 1. The average Bonchev–Trinajstić information content (AvgIpc) is 3.31. The Labute approximate surface area is 188 Å². The molecule has 1 amide bonds. The molecule has 3 aromatic rings. The molecule has 1 N–H and O–H groups in total. The van der Waals surface area contributed by atoms with Crippen molar-refractivity contribution in [3.8, 4) is 5.69 Å². The summed E-state index contributed by atoms with van der Waals surface area (Å²) in [7, 11) is -3.62. The van der Waals surface area contributed by atoms with Crippen molar-refractivity contribution < 1.29 is 26.4 Å². The molecular weight excluding hydrogens is 457 g/mol. The van der Waals surface area contributed by atoms with Gasteiger partial charge in [-0.25, -0.2) is 17.8 Å².